The summed E-state index contributed by atoms with van der Waals surface area (Å²) >= 11 is 0. The smallest absolute Gasteiger partial charge is 0.246 e. The molecule has 30 heavy (non-hydrogen) atoms. The summed E-state index contributed by atoms with van der Waals surface area (Å²) in [4.78, 5) is 28.8. The number of oxazole rings is 1. The Hall–Kier alpha value is -4.14. The minimum atomic E-state index is -0.378. The van der Waals surface area contributed by atoms with Crippen molar-refractivity contribution < 1.29 is 13.6 Å². The van der Waals surface area contributed by atoms with E-state index in [1.807, 2.05) is 0 Å². The molecule has 150 valence electrons. The first-order valence-corrected chi connectivity index (χ1v) is 9.07. The topological polar surface area (TPSA) is 120 Å². The van der Waals surface area contributed by atoms with Gasteiger partial charge in [0.25, 0.3) is 0 Å². The average molecular weight is 404 g/mol. The fourth-order valence-corrected chi connectivity index (χ4v) is 2.84. The quantitative estimate of drug-likeness (QED) is 0.450. The molecule has 0 unspecified atom stereocenters. The van der Waals surface area contributed by atoms with Crippen molar-refractivity contribution in [1.29, 1.82) is 0 Å². The molecule has 3 heterocycles. The molecule has 0 aliphatic rings. The van der Waals surface area contributed by atoms with Crippen LogP contribution in [0.1, 0.15) is 21.6 Å². The van der Waals surface area contributed by atoms with Gasteiger partial charge >= 0.3 is 0 Å². The molecule has 8 nitrogen and oxygen atoms in total. The monoisotopic (exact) mass is 404 g/mol. The van der Waals surface area contributed by atoms with Crippen molar-refractivity contribution in [1.82, 2.24) is 19.9 Å². The first-order valence-electron chi connectivity index (χ1n) is 9.07. The van der Waals surface area contributed by atoms with Gasteiger partial charge in [0.2, 0.25) is 5.89 Å². The van der Waals surface area contributed by atoms with Crippen LogP contribution in [0.15, 0.2) is 65.8 Å². The van der Waals surface area contributed by atoms with E-state index in [1.54, 1.807) is 30.5 Å². The van der Waals surface area contributed by atoms with Gasteiger partial charge in [0.1, 0.15) is 29.3 Å². The number of carbonyl (C=O) groups is 1. The Kier molecular flexibility index (Phi) is 5.42. The van der Waals surface area contributed by atoms with E-state index in [4.69, 9.17) is 10.2 Å². The number of Topliss-reactive ketones (excluding diaryl/α,β-unsaturated/α-hetero) is 1. The molecule has 0 amide bonds. The molecule has 9 heteroatoms. The van der Waals surface area contributed by atoms with Gasteiger partial charge < -0.3 is 15.5 Å². The van der Waals surface area contributed by atoms with E-state index in [0.29, 0.717) is 34.2 Å². The van der Waals surface area contributed by atoms with Gasteiger partial charge in [0, 0.05) is 24.7 Å². The van der Waals surface area contributed by atoms with Crippen LogP contribution in [0.2, 0.25) is 0 Å². The minimum absolute atomic E-state index is 0.0648. The van der Waals surface area contributed by atoms with Crippen molar-refractivity contribution in [3.63, 3.8) is 0 Å². The molecule has 0 spiro atoms. The predicted octanol–water partition coefficient (Wildman–Crippen LogP) is 3.29. The number of aromatic nitrogens is 4. The van der Waals surface area contributed by atoms with Crippen molar-refractivity contribution in [2.24, 2.45) is 0 Å². The van der Waals surface area contributed by atoms with Gasteiger partial charge in [-0.15, -0.1) is 0 Å². The van der Waals surface area contributed by atoms with Crippen LogP contribution in [0.25, 0.3) is 11.6 Å². The van der Waals surface area contributed by atoms with Gasteiger partial charge in [-0.1, -0.05) is 12.1 Å². The van der Waals surface area contributed by atoms with Gasteiger partial charge in [-0.25, -0.2) is 24.3 Å². The molecule has 0 aliphatic heterocycles. The molecule has 4 aromatic rings. The number of nitrogens with two attached hydrogens (primary N) is 1. The van der Waals surface area contributed by atoms with Crippen LogP contribution < -0.4 is 11.1 Å². The molecule has 4 rings (SSSR count). The highest BCUT2D eigenvalue weighted by atomic mass is 19.1. The van der Waals surface area contributed by atoms with Crippen molar-refractivity contribution in [3.8, 4) is 11.6 Å². The number of pyridine rings is 1. The molecular formula is C21H17FN6O2. The van der Waals surface area contributed by atoms with Crippen LogP contribution in [-0.2, 0) is 13.0 Å². The highest BCUT2D eigenvalue weighted by Crippen LogP contribution is 2.18. The fourth-order valence-electron chi connectivity index (χ4n) is 2.84. The number of ketones is 1. The molecule has 3 aromatic heterocycles. The summed E-state index contributed by atoms with van der Waals surface area (Å²) in [5.74, 6) is 0.0437. The van der Waals surface area contributed by atoms with Crippen molar-refractivity contribution in [2.45, 2.75) is 13.0 Å². The average Bonchev–Trinajstić information content (AvgIpc) is 3.30. The highest BCUT2D eigenvalue weighted by Gasteiger charge is 2.13. The van der Waals surface area contributed by atoms with E-state index < -0.39 is 0 Å². The van der Waals surface area contributed by atoms with Crippen LogP contribution in [-0.4, -0.2) is 25.7 Å². The number of rotatable bonds is 7. The molecule has 0 bridgehead atoms. The lowest BCUT2D eigenvalue weighted by atomic mass is 10.0. The number of benzene rings is 1. The predicted molar refractivity (Wildman–Crippen MR) is 108 cm³/mol. The summed E-state index contributed by atoms with van der Waals surface area (Å²) in [7, 11) is 0. The molecule has 3 N–H and O–H groups in total. The van der Waals surface area contributed by atoms with Gasteiger partial charge in [0.05, 0.1) is 24.3 Å². The number of anilines is 2. The second-order valence-electron chi connectivity index (χ2n) is 6.44. The summed E-state index contributed by atoms with van der Waals surface area (Å²) in [6.07, 6.45) is 7.37. The van der Waals surface area contributed by atoms with Crippen LogP contribution in [0, 0.1) is 5.82 Å². The van der Waals surface area contributed by atoms with Crippen LogP contribution >= 0.6 is 0 Å². The van der Waals surface area contributed by atoms with Gasteiger partial charge in [-0.3, -0.25) is 4.79 Å². The molecule has 0 saturated heterocycles. The Morgan fingerprint density at radius 1 is 1.10 bits per heavy atom. The minimum Gasteiger partial charge on any atom is -0.443 e. The highest BCUT2D eigenvalue weighted by molar-refractivity contribution is 5.95. The van der Waals surface area contributed by atoms with Crippen molar-refractivity contribution in [3.05, 3.63) is 84.0 Å². The number of hydrogen-bond acceptors (Lipinski definition) is 8. The van der Waals surface area contributed by atoms with E-state index >= 15 is 0 Å². The molecule has 0 saturated carbocycles. The molecule has 1 aromatic carbocycles. The Morgan fingerprint density at radius 3 is 2.73 bits per heavy atom. The summed E-state index contributed by atoms with van der Waals surface area (Å²) in [5.41, 5.74) is 8.11. The van der Waals surface area contributed by atoms with Crippen LogP contribution in [0.3, 0.4) is 0 Å². The van der Waals surface area contributed by atoms with E-state index in [2.05, 4.69) is 25.3 Å². The zero-order valence-corrected chi connectivity index (χ0v) is 15.7. The first kappa shape index (κ1) is 19.2. The second kappa shape index (κ2) is 8.48. The normalized spacial score (nSPS) is 10.7. The second-order valence-corrected chi connectivity index (χ2v) is 6.44. The number of halogens is 1. The summed E-state index contributed by atoms with van der Waals surface area (Å²) < 4.78 is 19.4. The Morgan fingerprint density at radius 2 is 2.00 bits per heavy atom. The molecular weight excluding hydrogens is 387 g/mol. The molecule has 0 atom stereocenters. The summed E-state index contributed by atoms with van der Waals surface area (Å²) in [5, 5.41) is 3.05. The van der Waals surface area contributed by atoms with E-state index in [1.165, 1.54) is 30.9 Å². The number of carbonyl (C=O) groups excluding carboxylic acids is 1. The Balaban J connectivity index is 1.44. The van der Waals surface area contributed by atoms with Crippen molar-refractivity contribution >= 4 is 17.3 Å². The first-order chi connectivity index (χ1) is 14.6. The summed E-state index contributed by atoms with van der Waals surface area (Å²) in [6.45, 7) is 0.203. The van der Waals surface area contributed by atoms with Gasteiger partial charge in [0.15, 0.2) is 5.78 Å². The number of nitrogens with zero attached hydrogens (tertiary/aromatic N) is 4. The maximum atomic E-state index is 14.2. The summed E-state index contributed by atoms with van der Waals surface area (Å²) in [6, 6.07) is 8.04. The standard InChI is InChI=1S/C21H17FN6O2/c22-15-4-3-13(8-14(15)10-26-16-2-1-5-24-20(16)23)9-19(29)17-11-28-18(12-27-17)21-25-6-7-30-21/h1-8,11-12,26H,9-10H2,(H2,23,24). The van der Waals surface area contributed by atoms with Gasteiger partial charge in [-0.05, 0) is 23.8 Å². The van der Waals surface area contributed by atoms with Crippen molar-refractivity contribution in [2.75, 3.05) is 11.1 Å². The maximum Gasteiger partial charge on any atom is 0.246 e. The largest absolute Gasteiger partial charge is 0.443 e. The Bertz CT molecular complexity index is 1160. The Labute approximate surface area is 171 Å². The zero-order chi connectivity index (χ0) is 20.9. The zero-order valence-electron chi connectivity index (χ0n) is 15.7. The number of hydrogen-bond donors (Lipinski definition) is 2. The van der Waals surface area contributed by atoms with E-state index in [-0.39, 0.29) is 30.3 Å². The molecule has 0 aliphatic carbocycles. The number of nitrogen functional groups attached to an aromatic ring is 1. The lowest BCUT2D eigenvalue weighted by molar-refractivity contribution is 0.0988. The van der Waals surface area contributed by atoms with Crippen LogP contribution in [0.5, 0.6) is 0 Å². The van der Waals surface area contributed by atoms with E-state index in [9.17, 15) is 9.18 Å². The third-order valence-electron chi connectivity index (χ3n) is 4.37. The lowest BCUT2D eigenvalue weighted by Crippen LogP contribution is -2.09. The fraction of sp³-hybridized carbons (Fsp3) is 0.0952. The van der Waals surface area contributed by atoms with Gasteiger partial charge in [-0.2, -0.15) is 0 Å². The SMILES string of the molecule is Nc1ncccc1NCc1cc(CC(=O)c2cnc(-c3ncco3)cn2)ccc1F. The lowest BCUT2D eigenvalue weighted by Gasteiger charge is -2.10. The molecule has 0 fully saturated rings. The van der Waals surface area contributed by atoms with Crippen LogP contribution in [0.4, 0.5) is 15.9 Å². The van der Waals surface area contributed by atoms with E-state index in [0.717, 1.165) is 0 Å². The maximum absolute atomic E-state index is 14.2. The third kappa shape index (κ3) is 4.30. The molecule has 0 radical (unpaired) electrons. The third-order valence-corrected chi connectivity index (χ3v) is 4.37. The number of nitrogens with one attached hydrogen (secondary N) is 1.